The molecule has 0 heterocycles. The minimum absolute atomic E-state index is 0.00567. The summed E-state index contributed by atoms with van der Waals surface area (Å²) in [5.74, 6) is -24.8. The van der Waals surface area contributed by atoms with Crippen LogP contribution in [0.2, 0.25) is 0 Å². The van der Waals surface area contributed by atoms with Crippen molar-refractivity contribution in [3.8, 4) is 0 Å². The van der Waals surface area contributed by atoms with Crippen LogP contribution in [0.1, 0.15) is 158 Å². The van der Waals surface area contributed by atoms with Crippen molar-refractivity contribution >= 4 is 213 Å². The number of rotatable bonds is 85. The van der Waals surface area contributed by atoms with E-state index in [2.05, 4.69) is 5.32 Å². The van der Waals surface area contributed by atoms with Crippen molar-refractivity contribution in [1.82, 2.24) is 5.32 Å². The standard InChI is InChI=1S/C86H134N2O46S7/c1-56(78(110)88-84(7,8)55-141(87,116)117)41-135-35-19-72(104)129-49-85(50-130-73(105)20-36-136-42-57(2)79(111)124-30-25-119-67(99)14-9-62(89)90,51-131-74(106)21-37-137-43-58(3)80(112)125-31-26-120-68(100)15-10-63(91)92)47-118-48-86(52-132-75(107)22-38-138-44-59(4)81(113)126-32-27-121-69(101)16-11-64(93)94,53-133-76(108)23-39-139-45-60(5)82(114)127-33-28-122-70(102)17-12-65(95)96)54-134-77(109)24-40-140-46-61(6)83(115)128-34-29-123-71(103)18-13-66(97)98/h56-61,116-117H,9-55,87H2,1-8H3,(H,88,110)(H,89,90)(H,91,92)(H,93,94)(H,95,96)(H,97,98). The SMILES string of the molecule is CC(CSCCC(=O)OCC(COCC(COC(=O)CCSCC(C)C(=O)OCCOC(=O)CCC(=O)O)(COC(=O)CCSCC(C)C(=O)OCCOC(=O)CCC(=O)O)COC(=O)CCSCC(C)C(=O)OCCOC(=O)CCC(=O)O)(COC(=O)CCSCC(C)C(=O)OCCOC(=O)CCC(=O)O)COC(=O)CCSCC(C)C(=O)OCCOC(=O)CCC(=O)O)C(=O)NC(C)(C)CS(N)(O)O. The number of amides is 1. The quantitative estimate of drug-likeness (QED) is 0.0218. The van der Waals surface area contributed by atoms with E-state index in [0.717, 1.165) is 70.6 Å². The lowest BCUT2D eigenvalue weighted by molar-refractivity contribution is -0.175. The molecular formula is C86H134N2O46S7. The van der Waals surface area contributed by atoms with Crippen molar-refractivity contribution < 1.29 is 221 Å². The number of carboxylic acid groups (broad SMARTS) is 5. The number of thioether (sulfide) groups is 6. The van der Waals surface area contributed by atoms with E-state index in [1.165, 1.54) is 48.5 Å². The Morgan fingerprint density at radius 2 is 0.426 bits per heavy atom. The van der Waals surface area contributed by atoms with E-state index in [1.807, 2.05) is 0 Å². The Bertz CT molecular complexity index is 3690. The van der Waals surface area contributed by atoms with Crippen molar-refractivity contribution in [2.24, 2.45) is 51.5 Å². The molecule has 0 saturated heterocycles. The van der Waals surface area contributed by atoms with E-state index >= 15 is 0 Å². The number of ether oxygens (including phenoxy) is 17. The van der Waals surface area contributed by atoms with Crippen LogP contribution in [0.3, 0.4) is 0 Å². The fourth-order valence-electron chi connectivity index (χ4n) is 10.4. The summed E-state index contributed by atoms with van der Waals surface area (Å²) in [6.45, 7) is 1.84. The lowest BCUT2D eigenvalue weighted by Crippen LogP contribution is -2.50. The Kier molecular flexibility index (Phi) is 71.2. The van der Waals surface area contributed by atoms with Gasteiger partial charge in [0.1, 0.15) is 106 Å². The molecule has 0 aromatic carbocycles. The molecule has 0 aliphatic heterocycles. The van der Waals surface area contributed by atoms with E-state index < -0.39 is 311 Å². The Labute approximate surface area is 842 Å². The molecule has 141 heavy (non-hydrogen) atoms. The average molecular weight is 2160 g/mol. The molecule has 0 spiro atoms. The summed E-state index contributed by atoms with van der Waals surface area (Å²) in [6.07, 6.45) is -6.82. The van der Waals surface area contributed by atoms with Crippen molar-refractivity contribution in [2.45, 2.75) is 164 Å². The van der Waals surface area contributed by atoms with Crippen molar-refractivity contribution in [3.05, 3.63) is 0 Å². The van der Waals surface area contributed by atoms with E-state index in [9.17, 15) is 115 Å². The van der Waals surface area contributed by atoms with E-state index in [-0.39, 0.29) is 179 Å². The number of carbonyl (C=O) groups excluding carboxylic acids is 17. The molecule has 0 fully saturated rings. The highest BCUT2D eigenvalue weighted by Gasteiger charge is 2.42. The lowest BCUT2D eigenvalue weighted by Gasteiger charge is -2.36. The summed E-state index contributed by atoms with van der Waals surface area (Å²) in [4.78, 5) is 276. The van der Waals surface area contributed by atoms with Gasteiger partial charge in [-0.1, -0.05) is 41.5 Å². The van der Waals surface area contributed by atoms with Crippen LogP contribution < -0.4 is 10.5 Å². The minimum atomic E-state index is -3.53. The Morgan fingerprint density at radius 1 is 0.255 bits per heavy atom. The molecule has 0 aliphatic rings. The number of nitrogens with two attached hydrogens (primary N) is 1. The third-order valence-electron chi connectivity index (χ3n) is 18.1. The molecular weight excluding hydrogens is 2020 g/mol. The summed E-state index contributed by atoms with van der Waals surface area (Å²) in [7, 11) is -3.53. The summed E-state index contributed by atoms with van der Waals surface area (Å²) >= 11 is 6.64. The Balaban J connectivity index is 8.14. The van der Waals surface area contributed by atoms with Crippen LogP contribution in [-0.4, -0.2) is 365 Å². The first kappa shape index (κ1) is 132. The van der Waals surface area contributed by atoms with Gasteiger partial charge in [-0.05, 0) is 13.8 Å². The Morgan fingerprint density at radius 3 is 0.603 bits per heavy atom. The van der Waals surface area contributed by atoms with Gasteiger partial charge in [-0.2, -0.15) is 70.6 Å². The topological polar surface area (TPSA) is 712 Å². The fraction of sp³-hybridized carbons (Fsp3) is 0.744. The average Bonchev–Trinajstić information content (AvgIpc) is 0.838. The minimum Gasteiger partial charge on any atom is -0.481 e. The van der Waals surface area contributed by atoms with Crippen LogP contribution in [0, 0.1) is 46.3 Å². The van der Waals surface area contributed by atoms with Gasteiger partial charge in [-0.25, -0.2) is 5.14 Å². The first-order valence-electron chi connectivity index (χ1n) is 44.4. The first-order chi connectivity index (χ1) is 66.4. The second-order valence-electron chi connectivity index (χ2n) is 32.5. The van der Waals surface area contributed by atoms with Gasteiger partial charge in [-0.3, -0.25) is 115 Å². The summed E-state index contributed by atoms with van der Waals surface area (Å²) < 4.78 is 112. The van der Waals surface area contributed by atoms with Gasteiger partial charge in [0.15, 0.2) is 0 Å². The maximum Gasteiger partial charge on any atom is 0.309 e. The normalized spacial score (nSPS) is 13.4. The third-order valence-corrected chi connectivity index (χ3v) is 26.6. The van der Waals surface area contributed by atoms with Crippen LogP contribution in [0.25, 0.3) is 0 Å². The monoisotopic (exact) mass is 2150 g/mol. The van der Waals surface area contributed by atoms with Gasteiger partial charge in [0, 0.05) is 75.0 Å². The van der Waals surface area contributed by atoms with Crippen LogP contribution in [0.5, 0.6) is 0 Å². The number of carboxylic acids is 5. The number of aliphatic carboxylic acids is 5. The fourth-order valence-corrected chi connectivity index (χ4v) is 17.3. The van der Waals surface area contributed by atoms with Crippen molar-refractivity contribution in [1.29, 1.82) is 0 Å². The largest absolute Gasteiger partial charge is 0.481 e. The molecule has 0 radical (unpaired) electrons. The van der Waals surface area contributed by atoms with Gasteiger partial charge >= 0.3 is 125 Å². The molecule has 48 nitrogen and oxygen atoms in total. The molecule has 55 heteroatoms. The highest BCUT2D eigenvalue weighted by Crippen LogP contribution is 2.33. The molecule has 1 amide bonds. The maximum atomic E-state index is 14.1. The zero-order valence-corrected chi connectivity index (χ0v) is 85.9. The molecule has 0 saturated carbocycles. The van der Waals surface area contributed by atoms with E-state index in [1.54, 1.807) is 6.92 Å². The summed E-state index contributed by atoms with van der Waals surface area (Å²) in [5.41, 5.74) is -5.18. The first-order valence-corrected chi connectivity index (χ1v) is 53.1. The number of nitrogens with one attached hydrogen (secondary N) is 1. The molecule has 0 aliphatic carbocycles. The van der Waals surface area contributed by atoms with Crippen molar-refractivity contribution in [2.75, 3.05) is 194 Å². The van der Waals surface area contributed by atoms with Crippen LogP contribution in [0.4, 0.5) is 0 Å². The molecule has 10 N–H and O–H groups in total. The molecule has 0 aromatic rings. The zero-order valence-electron chi connectivity index (χ0n) is 80.2. The number of carbonyl (C=O) groups is 22. The number of esters is 16. The van der Waals surface area contributed by atoms with Crippen molar-refractivity contribution in [3.63, 3.8) is 0 Å². The second kappa shape index (κ2) is 76.3. The molecule has 6 atom stereocenters. The molecule has 6 unspecified atom stereocenters. The van der Waals surface area contributed by atoms with Gasteiger partial charge in [0.25, 0.3) is 0 Å². The summed E-state index contributed by atoms with van der Waals surface area (Å²) in [6, 6.07) is 0. The number of hydrogen-bond donors (Lipinski definition) is 9. The predicted molar refractivity (Wildman–Crippen MR) is 506 cm³/mol. The van der Waals surface area contributed by atoms with E-state index in [4.69, 9.17) is 111 Å². The maximum absolute atomic E-state index is 14.1. The summed E-state index contributed by atoms with van der Waals surface area (Å²) in [5, 5.41) is 52.5. The van der Waals surface area contributed by atoms with Gasteiger partial charge < -0.3 is 111 Å². The smallest absolute Gasteiger partial charge is 0.309 e. The molecule has 0 aromatic heterocycles. The molecule has 0 rings (SSSR count). The van der Waals surface area contributed by atoms with E-state index in [0.29, 0.717) is 0 Å². The third kappa shape index (κ3) is 73.4. The predicted octanol–water partition coefficient (Wildman–Crippen LogP) is 5.07. The van der Waals surface area contributed by atoms with Crippen LogP contribution in [-0.2, 0) is 186 Å². The van der Waals surface area contributed by atoms with Gasteiger partial charge in [0.2, 0.25) is 5.91 Å². The number of hydrogen-bond acceptors (Lipinski definition) is 48. The Hall–Kier alpha value is -9.37. The second-order valence-corrected chi connectivity index (χ2v) is 41.1. The zero-order chi connectivity index (χ0) is 106. The van der Waals surface area contributed by atoms with Gasteiger partial charge in [-0.15, -0.1) is 10.8 Å². The van der Waals surface area contributed by atoms with Crippen LogP contribution in [0.15, 0.2) is 0 Å². The van der Waals surface area contributed by atoms with Gasteiger partial charge in [0.05, 0.1) is 168 Å². The molecule has 806 valence electrons. The highest BCUT2D eigenvalue weighted by molar-refractivity contribution is 8.22. The lowest BCUT2D eigenvalue weighted by atomic mass is 9.90. The van der Waals surface area contributed by atoms with Crippen LogP contribution >= 0.6 is 81.3 Å². The highest BCUT2D eigenvalue weighted by atomic mass is 32.3. The molecule has 0 bridgehead atoms.